The van der Waals surface area contributed by atoms with Crippen LogP contribution >= 0.6 is 0 Å². The number of esters is 2. The Kier molecular flexibility index (Phi) is 12.5. The van der Waals surface area contributed by atoms with Gasteiger partial charge in [-0.25, -0.2) is 9.59 Å². The summed E-state index contributed by atoms with van der Waals surface area (Å²) in [5.41, 5.74) is -1.19. The van der Waals surface area contributed by atoms with Crippen LogP contribution in [0.15, 0.2) is 48.6 Å². The molecule has 0 heterocycles. The Balaban J connectivity index is 2.04. The number of hydrogen-bond acceptors (Lipinski definition) is 10. The monoisotopic (exact) mass is 596 g/mol. The lowest BCUT2D eigenvalue weighted by atomic mass is 10.1. The molecule has 0 aliphatic carbocycles. The number of rotatable bonds is 16. The van der Waals surface area contributed by atoms with E-state index in [9.17, 15) is 19.2 Å². The van der Waals surface area contributed by atoms with Gasteiger partial charge in [-0.15, -0.1) is 0 Å². The van der Waals surface area contributed by atoms with Crippen molar-refractivity contribution in [3.05, 3.63) is 59.7 Å². The molecule has 43 heavy (non-hydrogen) atoms. The van der Waals surface area contributed by atoms with Crippen LogP contribution in [0.2, 0.25) is 0 Å². The maximum Gasteiger partial charge on any atom is 0.349 e. The Morgan fingerprint density at radius 3 is 1.33 bits per heavy atom. The van der Waals surface area contributed by atoms with Crippen LogP contribution in [-0.4, -0.2) is 62.1 Å². The van der Waals surface area contributed by atoms with Crippen molar-refractivity contribution in [2.24, 2.45) is 0 Å². The Morgan fingerprint density at radius 1 is 0.628 bits per heavy atom. The number of allylic oxidation sites excluding steroid dienone is 2. The quantitative estimate of drug-likeness (QED) is 0.141. The summed E-state index contributed by atoms with van der Waals surface area (Å²) in [6.07, 6.45) is 5.41. The van der Waals surface area contributed by atoms with E-state index in [1.165, 1.54) is 26.4 Å². The first-order chi connectivity index (χ1) is 20.3. The predicted molar refractivity (Wildman–Crippen MR) is 161 cm³/mol. The van der Waals surface area contributed by atoms with Crippen molar-refractivity contribution in [3.63, 3.8) is 0 Å². The first-order valence-electron chi connectivity index (χ1n) is 13.8. The highest BCUT2D eigenvalue weighted by molar-refractivity contribution is 6.10. The third-order valence-corrected chi connectivity index (χ3v) is 5.91. The first-order valence-corrected chi connectivity index (χ1v) is 13.8. The molecule has 0 saturated carbocycles. The Hall–Kier alpha value is -4.60. The van der Waals surface area contributed by atoms with E-state index >= 15 is 0 Å². The molecule has 0 bridgehead atoms. The van der Waals surface area contributed by atoms with Gasteiger partial charge in [0.15, 0.2) is 45.8 Å². The van der Waals surface area contributed by atoms with Gasteiger partial charge in [-0.05, 0) is 89.1 Å². The second kappa shape index (κ2) is 15.6. The van der Waals surface area contributed by atoms with E-state index in [0.717, 1.165) is 0 Å². The SMILES string of the molecule is CCOC(=O)C(C)(C)Oc1ccc(/C=C/C(=O)CC(=O)/C=C/c2ccc(OC(C)(C)C(=O)OCC)c(OC)c2)cc1OC. The average Bonchev–Trinajstić information content (AvgIpc) is 2.96. The molecule has 0 spiro atoms. The van der Waals surface area contributed by atoms with Crippen LogP contribution < -0.4 is 18.9 Å². The number of benzene rings is 2. The van der Waals surface area contributed by atoms with Crippen molar-refractivity contribution in [1.29, 1.82) is 0 Å². The lowest BCUT2D eigenvalue weighted by Gasteiger charge is -2.25. The molecule has 0 aromatic heterocycles. The Bertz CT molecular complexity index is 1260. The second-order valence-corrected chi connectivity index (χ2v) is 10.3. The minimum atomic E-state index is -1.23. The summed E-state index contributed by atoms with van der Waals surface area (Å²) < 4.78 is 32.5. The lowest BCUT2D eigenvalue weighted by Crippen LogP contribution is -2.39. The molecule has 0 saturated heterocycles. The van der Waals surface area contributed by atoms with Gasteiger partial charge < -0.3 is 28.4 Å². The summed E-state index contributed by atoms with van der Waals surface area (Å²) in [7, 11) is 2.92. The third kappa shape index (κ3) is 10.3. The largest absolute Gasteiger partial charge is 0.493 e. The van der Waals surface area contributed by atoms with E-state index in [-0.39, 0.29) is 31.2 Å². The van der Waals surface area contributed by atoms with E-state index in [1.807, 2.05) is 0 Å². The fraction of sp³-hybridized carbons (Fsp3) is 0.394. The van der Waals surface area contributed by atoms with Crippen LogP contribution in [0.1, 0.15) is 59.1 Å². The van der Waals surface area contributed by atoms with Gasteiger partial charge in [-0.1, -0.05) is 24.3 Å². The topological polar surface area (TPSA) is 124 Å². The van der Waals surface area contributed by atoms with Gasteiger partial charge in [0.2, 0.25) is 0 Å². The molecule has 2 aromatic rings. The molecule has 10 heteroatoms. The number of carbonyl (C=O) groups excluding carboxylic acids is 4. The van der Waals surface area contributed by atoms with E-state index in [0.29, 0.717) is 34.1 Å². The minimum absolute atomic E-state index is 0.231. The standard InChI is InChI=1S/C33H40O10/c1-9-40-30(36)32(3,4)42-26-17-13-22(19-28(26)38-7)11-15-24(34)21-25(35)16-12-23-14-18-27(29(20-23)39-8)43-33(5,6)31(37)41-10-2/h11-20H,9-10,21H2,1-8H3/b15-11+,16-12+. The zero-order valence-electron chi connectivity index (χ0n) is 26.0. The molecule has 0 unspecified atom stereocenters. The molecule has 0 atom stereocenters. The van der Waals surface area contributed by atoms with E-state index < -0.39 is 23.1 Å². The molecule has 10 nitrogen and oxygen atoms in total. The highest BCUT2D eigenvalue weighted by Gasteiger charge is 2.33. The van der Waals surface area contributed by atoms with Gasteiger partial charge in [0.05, 0.1) is 33.9 Å². The highest BCUT2D eigenvalue weighted by Crippen LogP contribution is 2.33. The summed E-state index contributed by atoms with van der Waals surface area (Å²) in [5, 5.41) is 0. The van der Waals surface area contributed by atoms with Crippen LogP contribution in [0.25, 0.3) is 12.2 Å². The van der Waals surface area contributed by atoms with Crippen LogP contribution in [0.5, 0.6) is 23.0 Å². The van der Waals surface area contributed by atoms with E-state index in [2.05, 4.69) is 0 Å². The molecule has 232 valence electrons. The molecule has 0 amide bonds. The second-order valence-electron chi connectivity index (χ2n) is 10.3. The van der Waals surface area contributed by atoms with Crippen LogP contribution in [0.4, 0.5) is 0 Å². The van der Waals surface area contributed by atoms with Gasteiger partial charge in [0, 0.05) is 0 Å². The molecule has 2 aromatic carbocycles. The molecule has 0 N–H and O–H groups in total. The van der Waals surface area contributed by atoms with Crippen molar-refractivity contribution in [1.82, 2.24) is 0 Å². The van der Waals surface area contributed by atoms with Gasteiger partial charge in [0.1, 0.15) is 0 Å². The van der Waals surface area contributed by atoms with Crippen molar-refractivity contribution >= 4 is 35.7 Å². The molecule has 0 radical (unpaired) electrons. The summed E-state index contributed by atoms with van der Waals surface area (Å²) in [5.74, 6) is -0.396. The van der Waals surface area contributed by atoms with Crippen molar-refractivity contribution in [3.8, 4) is 23.0 Å². The van der Waals surface area contributed by atoms with E-state index in [4.69, 9.17) is 28.4 Å². The average molecular weight is 597 g/mol. The Labute approximate surface area is 252 Å². The molecular weight excluding hydrogens is 556 g/mol. The summed E-state index contributed by atoms with van der Waals surface area (Å²) in [6, 6.07) is 9.94. The van der Waals surface area contributed by atoms with Crippen molar-refractivity contribution < 1.29 is 47.6 Å². The number of hydrogen-bond donors (Lipinski definition) is 0. The first kappa shape index (κ1) is 34.6. The maximum absolute atomic E-state index is 12.4. The smallest absolute Gasteiger partial charge is 0.349 e. The van der Waals surface area contributed by atoms with Crippen LogP contribution in [-0.2, 0) is 28.7 Å². The normalized spacial score (nSPS) is 11.7. The zero-order valence-corrected chi connectivity index (χ0v) is 26.0. The molecular formula is C33H40O10. The van der Waals surface area contributed by atoms with Gasteiger partial charge >= 0.3 is 11.9 Å². The third-order valence-electron chi connectivity index (χ3n) is 5.91. The van der Waals surface area contributed by atoms with Crippen molar-refractivity contribution in [2.75, 3.05) is 27.4 Å². The molecule has 0 aliphatic heterocycles. The lowest BCUT2D eigenvalue weighted by molar-refractivity contribution is -0.159. The fourth-order valence-corrected chi connectivity index (χ4v) is 3.66. The van der Waals surface area contributed by atoms with Gasteiger partial charge in [0.25, 0.3) is 0 Å². The molecule has 2 rings (SSSR count). The van der Waals surface area contributed by atoms with Crippen molar-refractivity contribution in [2.45, 2.75) is 59.2 Å². The van der Waals surface area contributed by atoms with Crippen LogP contribution in [0.3, 0.4) is 0 Å². The van der Waals surface area contributed by atoms with Crippen LogP contribution in [0, 0.1) is 0 Å². The molecule has 0 fully saturated rings. The van der Waals surface area contributed by atoms with Gasteiger partial charge in [-0.3, -0.25) is 9.59 Å². The zero-order chi connectivity index (χ0) is 32.2. The highest BCUT2D eigenvalue weighted by atomic mass is 16.6. The maximum atomic E-state index is 12.4. The van der Waals surface area contributed by atoms with Gasteiger partial charge in [-0.2, -0.15) is 0 Å². The predicted octanol–water partition coefficient (Wildman–Crippen LogP) is 5.40. The number of carbonyl (C=O) groups is 4. The summed E-state index contributed by atoms with van der Waals surface area (Å²) in [6.45, 7) is 10.3. The number of methoxy groups -OCH3 is 2. The summed E-state index contributed by atoms with van der Waals surface area (Å²) >= 11 is 0. The minimum Gasteiger partial charge on any atom is -0.493 e. The Morgan fingerprint density at radius 2 is 1.00 bits per heavy atom. The fourth-order valence-electron chi connectivity index (χ4n) is 3.66. The molecule has 0 aliphatic rings. The number of ether oxygens (including phenoxy) is 6. The van der Waals surface area contributed by atoms with E-state index in [1.54, 1.807) is 90.1 Å². The number of ketones is 2. The summed E-state index contributed by atoms with van der Waals surface area (Å²) in [4.78, 5) is 49.2.